The lowest BCUT2D eigenvalue weighted by atomic mass is 10.2. The molecule has 0 N–H and O–H groups in total. The first kappa shape index (κ1) is 12.5. The highest BCUT2D eigenvalue weighted by Crippen LogP contribution is 2.13. The second-order valence-corrected chi connectivity index (χ2v) is 4.85. The fourth-order valence-corrected chi connectivity index (χ4v) is 2.28. The monoisotopic (exact) mass is 289 g/mol. The van der Waals surface area contributed by atoms with E-state index in [0.29, 0.717) is 0 Å². The van der Waals surface area contributed by atoms with Crippen LogP contribution in [0.5, 0.6) is 0 Å². The van der Waals surface area contributed by atoms with Gasteiger partial charge in [-0.25, -0.2) is 0 Å². The maximum Gasteiger partial charge on any atom is 0.229 e. The molecule has 1 aliphatic rings. The zero-order valence-corrected chi connectivity index (χ0v) is 11.7. The Labute approximate surface area is 127 Å². The minimum atomic E-state index is 0.795. The van der Waals surface area contributed by atoms with Gasteiger partial charge in [0.25, 0.3) is 0 Å². The molecule has 0 bridgehead atoms. The molecule has 0 amide bonds. The van der Waals surface area contributed by atoms with Gasteiger partial charge in [0.15, 0.2) is 5.70 Å². The zero-order chi connectivity index (χ0) is 14.8. The molecule has 4 rings (SSSR count). The van der Waals surface area contributed by atoms with Crippen LogP contribution < -0.4 is 4.94 Å². The predicted octanol–water partition coefficient (Wildman–Crippen LogP) is 2.47. The van der Waals surface area contributed by atoms with Crippen LogP contribution in [-0.2, 0) is 0 Å². The molecule has 0 unspecified atom stereocenters. The minimum Gasteiger partial charge on any atom is -0.104 e. The SMILES string of the molecule is C1=CC(=Cc2ccccc2)[N+](On2nnc3ccccc32)=C1. The third kappa shape index (κ3) is 2.29. The molecule has 5 nitrogen and oxygen atoms in total. The van der Waals surface area contributed by atoms with Crippen molar-refractivity contribution in [3.63, 3.8) is 0 Å². The molecule has 2 heterocycles. The van der Waals surface area contributed by atoms with E-state index in [1.807, 2.05) is 79.0 Å². The number of nitrogens with zero attached hydrogens (tertiary/aromatic N) is 4. The number of para-hydroxylation sites is 1. The van der Waals surface area contributed by atoms with Crippen LogP contribution in [0.25, 0.3) is 17.1 Å². The Morgan fingerprint density at radius 3 is 2.73 bits per heavy atom. The Bertz CT molecular complexity index is 907. The molecule has 3 aromatic rings. The van der Waals surface area contributed by atoms with E-state index >= 15 is 0 Å². The number of hydroxylamine groups is 1. The average molecular weight is 289 g/mol. The lowest BCUT2D eigenvalue weighted by Crippen LogP contribution is -2.24. The Morgan fingerprint density at radius 2 is 1.82 bits per heavy atom. The molecule has 0 aliphatic carbocycles. The number of fused-ring (bicyclic) bond motifs is 1. The van der Waals surface area contributed by atoms with Crippen LogP contribution in [0.2, 0.25) is 0 Å². The van der Waals surface area contributed by atoms with Crippen LogP contribution in [0.1, 0.15) is 5.56 Å². The molecule has 0 saturated heterocycles. The van der Waals surface area contributed by atoms with Gasteiger partial charge in [-0.3, -0.25) is 0 Å². The molecule has 0 spiro atoms. The molecule has 106 valence electrons. The minimum absolute atomic E-state index is 0.795. The molecule has 22 heavy (non-hydrogen) atoms. The van der Waals surface area contributed by atoms with Crippen LogP contribution >= 0.6 is 0 Å². The molecular weight excluding hydrogens is 276 g/mol. The van der Waals surface area contributed by atoms with Crippen molar-refractivity contribution in [2.45, 2.75) is 0 Å². The highest BCUT2D eigenvalue weighted by molar-refractivity contribution is 5.74. The van der Waals surface area contributed by atoms with Gasteiger partial charge in [0.2, 0.25) is 5.52 Å². The second kappa shape index (κ2) is 5.29. The van der Waals surface area contributed by atoms with Gasteiger partial charge in [0, 0.05) is 0 Å². The number of hydrogen-bond acceptors (Lipinski definition) is 3. The first-order valence-electron chi connectivity index (χ1n) is 6.96. The van der Waals surface area contributed by atoms with Crippen LogP contribution in [0.15, 0.2) is 72.4 Å². The summed E-state index contributed by atoms with van der Waals surface area (Å²) in [7, 11) is 0. The Morgan fingerprint density at radius 1 is 1.00 bits per heavy atom. The largest absolute Gasteiger partial charge is 0.229 e. The summed E-state index contributed by atoms with van der Waals surface area (Å²) in [5, 5.41) is 8.11. The highest BCUT2D eigenvalue weighted by Gasteiger charge is 2.18. The molecule has 0 fully saturated rings. The standard InChI is InChI=1S/C17H13N4O/c1-2-7-14(8-3-1)13-15-9-6-12-20(15)22-21-17-11-5-4-10-16(17)18-19-21/h1-13H/q+1. The number of rotatable bonds is 3. The normalized spacial score (nSPS) is 15.5. The van der Waals surface area contributed by atoms with Crippen LogP contribution in [-0.4, -0.2) is 26.1 Å². The van der Waals surface area contributed by atoms with Crippen LogP contribution in [0.4, 0.5) is 0 Å². The fraction of sp³-hybridized carbons (Fsp3) is 0. The summed E-state index contributed by atoms with van der Waals surface area (Å²) in [6.45, 7) is 0. The lowest BCUT2D eigenvalue weighted by Gasteiger charge is -2.00. The van der Waals surface area contributed by atoms with E-state index < -0.39 is 0 Å². The first-order chi connectivity index (χ1) is 10.9. The van der Waals surface area contributed by atoms with Gasteiger partial charge < -0.3 is 0 Å². The van der Waals surface area contributed by atoms with Crippen LogP contribution in [0, 0.1) is 0 Å². The van der Waals surface area contributed by atoms with Crippen LogP contribution in [0.3, 0.4) is 0 Å². The summed E-state index contributed by atoms with van der Waals surface area (Å²) >= 11 is 0. The van der Waals surface area contributed by atoms with Gasteiger partial charge in [0.1, 0.15) is 11.7 Å². The topological polar surface area (TPSA) is 43.0 Å². The molecule has 0 saturated carbocycles. The number of allylic oxidation sites excluding steroid dienone is 2. The number of aromatic nitrogens is 3. The Balaban J connectivity index is 1.64. The molecule has 0 radical (unpaired) electrons. The van der Waals surface area contributed by atoms with E-state index in [9.17, 15) is 0 Å². The summed E-state index contributed by atoms with van der Waals surface area (Å²) < 4.78 is 1.66. The molecular formula is C17H13N4O+. The zero-order valence-electron chi connectivity index (χ0n) is 11.7. The summed E-state index contributed by atoms with van der Waals surface area (Å²) in [4.78, 5) is 7.22. The Hall–Kier alpha value is -3.21. The Kier molecular flexibility index (Phi) is 3.01. The number of hydrogen-bond donors (Lipinski definition) is 0. The summed E-state index contributed by atoms with van der Waals surface area (Å²) in [5.74, 6) is 0. The molecule has 0 atom stereocenters. The van der Waals surface area contributed by atoms with Gasteiger partial charge in [-0.2, -0.15) is 0 Å². The predicted molar refractivity (Wildman–Crippen MR) is 84.0 cm³/mol. The van der Waals surface area contributed by atoms with E-state index in [2.05, 4.69) is 10.3 Å². The average Bonchev–Trinajstić information content (AvgIpc) is 3.17. The van der Waals surface area contributed by atoms with Crippen molar-refractivity contribution in [1.29, 1.82) is 0 Å². The third-order valence-electron chi connectivity index (χ3n) is 3.34. The van der Waals surface area contributed by atoms with Crippen molar-refractivity contribution < 1.29 is 9.68 Å². The van der Waals surface area contributed by atoms with E-state index in [1.54, 1.807) is 4.74 Å². The second-order valence-electron chi connectivity index (χ2n) is 4.85. The molecule has 5 heteroatoms. The van der Waals surface area contributed by atoms with Gasteiger partial charge in [-0.15, -0.1) is 5.10 Å². The molecule has 1 aromatic heterocycles. The van der Waals surface area contributed by atoms with Gasteiger partial charge >= 0.3 is 0 Å². The van der Waals surface area contributed by atoms with Gasteiger partial charge in [-0.05, 0) is 40.7 Å². The summed E-state index contributed by atoms with van der Waals surface area (Å²) in [5.41, 5.74) is 3.64. The number of benzene rings is 2. The fourth-order valence-electron chi connectivity index (χ4n) is 2.28. The van der Waals surface area contributed by atoms with Gasteiger partial charge in [-0.1, -0.05) is 47.4 Å². The van der Waals surface area contributed by atoms with E-state index in [4.69, 9.17) is 4.94 Å². The quantitative estimate of drug-likeness (QED) is 0.696. The van der Waals surface area contributed by atoms with E-state index in [-0.39, 0.29) is 0 Å². The van der Waals surface area contributed by atoms with E-state index in [1.165, 1.54) is 4.85 Å². The maximum absolute atomic E-state index is 5.80. The van der Waals surface area contributed by atoms with Crippen molar-refractivity contribution in [3.8, 4) is 0 Å². The highest BCUT2D eigenvalue weighted by atomic mass is 16.8. The first-order valence-corrected chi connectivity index (χ1v) is 6.96. The molecule has 2 aromatic carbocycles. The summed E-state index contributed by atoms with van der Waals surface area (Å²) in [6, 6.07) is 17.8. The molecule has 1 aliphatic heterocycles. The smallest absolute Gasteiger partial charge is 0.104 e. The lowest BCUT2D eigenvalue weighted by molar-refractivity contribution is -0.737. The van der Waals surface area contributed by atoms with Gasteiger partial charge in [0.05, 0.1) is 10.1 Å². The summed E-state index contributed by atoms with van der Waals surface area (Å²) in [6.07, 6.45) is 7.78. The maximum atomic E-state index is 5.80. The van der Waals surface area contributed by atoms with Crippen molar-refractivity contribution in [2.24, 2.45) is 0 Å². The van der Waals surface area contributed by atoms with Crippen molar-refractivity contribution in [2.75, 3.05) is 0 Å². The third-order valence-corrected chi connectivity index (χ3v) is 3.34. The van der Waals surface area contributed by atoms with Crippen molar-refractivity contribution >= 4 is 23.3 Å². The van der Waals surface area contributed by atoms with Crippen molar-refractivity contribution in [3.05, 3.63) is 78.0 Å². The van der Waals surface area contributed by atoms with E-state index in [0.717, 1.165) is 22.3 Å². The van der Waals surface area contributed by atoms with Crippen molar-refractivity contribution in [1.82, 2.24) is 15.2 Å².